The van der Waals surface area contributed by atoms with Crippen LogP contribution < -0.4 is 26.6 Å². The van der Waals surface area contributed by atoms with Crippen molar-refractivity contribution in [3.8, 4) is 17.0 Å². The second-order valence-corrected chi connectivity index (χ2v) is 8.50. The smallest absolute Gasteiger partial charge is 0.251 e. The first kappa shape index (κ1) is 27.7. The average Bonchev–Trinajstić information content (AvgIpc) is 2.96. The van der Waals surface area contributed by atoms with E-state index in [9.17, 15) is 4.79 Å². The Morgan fingerprint density at radius 1 is 1.22 bits per heavy atom. The van der Waals surface area contributed by atoms with E-state index in [1.165, 1.54) is 0 Å². The predicted molar refractivity (Wildman–Crippen MR) is 150 cm³/mol. The van der Waals surface area contributed by atoms with Crippen LogP contribution in [0.15, 0.2) is 65.8 Å². The number of nitrogens with two attached hydrogens (primary N) is 1. The molecule has 8 nitrogen and oxygen atoms in total. The molecular formula is C29H38N6O2. The van der Waals surface area contributed by atoms with Gasteiger partial charge in [0, 0.05) is 37.5 Å². The molecule has 1 amide bonds. The Balaban J connectivity index is 0.00000186. The maximum atomic E-state index is 12.7. The van der Waals surface area contributed by atoms with Crippen LogP contribution in [0.2, 0.25) is 0 Å². The zero-order chi connectivity index (χ0) is 26.6. The van der Waals surface area contributed by atoms with E-state index < -0.39 is 0 Å². The molecule has 0 saturated carbocycles. The summed E-state index contributed by atoms with van der Waals surface area (Å²) in [4.78, 5) is 21.4. The molecule has 37 heavy (non-hydrogen) atoms. The van der Waals surface area contributed by atoms with Gasteiger partial charge in [-0.3, -0.25) is 14.4 Å². The largest absolute Gasteiger partial charge is 0.497 e. The lowest BCUT2D eigenvalue weighted by molar-refractivity contribution is 0.0951. The van der Waals surface area contributed by atoms with Crippen LogP contribution in [0.5, 0.6) is 5.75 Å². The maximum Gasteiger partial charge on any atom is 0.251 e. The Bertz CT molecular complexity index is 1240. The highest BCUT2D eigenvalue weighted by molar-refractivity contribution is 5.94. The van der Waals surface area contributed by atoms with E-state index in [0.717, 1.165) is 48.5 Å². The number of piperidine rings is 1. The van der Waals surface area contributed by atoms with Gasteiger partial charge in [-0.05, 0) is 55.1 Å². The van der Waals surface area contributed by atoms with E-state index in [0.29, 0.717) is 29.3 Å². The van der Waals surface area contributed by atoms with Gasteiger partial charge in [0.25, 0.3) is 5.91 Å². The van der Waals surface area contributed by atoms with Crippen LogP contribution in [0, 0.1) is 5.92 Å². The van der Waals surface area contributed by atoms with Crippen molar-refractivity contribution in [2.45, 2.75) is 33.2 Å². The minimum absolute atomic E-state index is 0.135. The summed E-state index contributed by atoms with van der Waals surface area (Å²) in [5.74, 6) is 1.48. The number of carbonyl (C=O) groups excluding carboxylic acids is 1. The number of hydrogen-bond acceptors (Lipinski definition) is 6. The molecule has 1 fully saturated rings. The van der Waals surface area contributed by atoms with Gasteiger partial charge in [-0.15, -0.1) is 0 Å². The monoisotopic (exact) mass is 502 g/mol. The number of aromatic nitrogens is 2. The lowest BCUT2D eigenvalue weighted by Crippen LogP contribution is -2.29. The number of methoxy groups -OCH3 is 1. The zero-order valence-electron chi connectivity index (χ0n) is 22.2. The molecule has 196 valence electrons. The van der Waals surface area contributed by atoms with Crippen LogP contribution in [0.1, 0.15) is 42.6 Å². The highest BCUT2D eigenvalue weighted by Gasteiger charge is 2.12. The van der Waals surface area contributed by atoms with Gasteiger partial charge in [0.1, 0.15) is 5.75 Å². The highest BCUT2D eigenvalue weighted by Crippen LogP contribution is 2.20. The van der Waals surface area contributed by atoms with Crippen molar-refractivity contribution in [2.75, 3.05) is 33.0 Å². The molecule has 1 aliphatic rings. The Hall–Kier alpha value is -3.91. The van der Waals surface area contributed by atoms with Crippen LogP contribution >= 0.6 is 0 Å². The summed E-state index contributed by atoms with van der Waals surface area (Å²) >= 11 is 0. The molecule has 2 heterocycles. The molecule has 1 atom stereocenters. The molecule has 1 saturated heterocycles. The number of nitrogen functional groups attached to an aromatic ring is 1. The third-order valence-electron chi connectivity index (χ3n) is 6.15. The van der Waals surface area contributed by atoms with E-state index in [2.05, 4.69) is 26.7 Å². The van der Waals surface area contributed by atoms with Crippen molar-refractivity contribution >= 4 is 17.9 Å². The molecule has 3 aromatic rings. The van der Waals surface area contributed by atoms with Gasteiger partial charge in [-0.2, -0.15) is 0 Å². The first-order valence-corrected chi connectivity index (χ1v) is 12.8. The van der Waals surface area contributed by atoms with Crippen LogP contribution in [0.4, 0.5) is 5.82 Å². The molecule has 0 aliphatic carbocycles. The second-order valence-electron chi connectivity index (χ2n) is 8.50. The van der Waals surface area contributed by atoms with Gasteiger partial charge >= 0.3 is 0 Å². The summed E-state index contributed by atoms with van der Waals surface area (Å²) in [6.45, 7) is 6.47. The SMILES string of the molecule is CC.CN=c1c(N)ncc(-c2ccc(C(=O)NCc3ccc(OC)cc3)cc2)n1/C=C/C1CCCNC1. The third-order valence-corrected chi connectivity index (χ3v) is 6.15. The van der Waals surface area contributed by atoms with Crippen molar-refractivity contribution in [3.05, 3.63) is 77.4 Å². The molecule has 0 radical (unpaired) electrons. The average molecular weight is 503 g/mol. The van der Waals surface area contributed by atoms with Crippen molar-refractivity contribution < 1.29 is 9.53 Å². The molecule has 4 rings (SSSR count). The van der Waals surface area contributed by atoms with Crippen molar-refractivity contribution in [1.29, 1.82) is 0 Å². The summed E-state index contributed by atoms with van der Waals surface area (Å²) in [6.07, 6.45) is 8.29. The fraction of sp³-hybridized carbons (Fsp3) is 0.345. The van der Waals surface area contributed by atoms with Gasteiger partial charge in [0.15, 0.2) is 11.3 Å². The van der Waals surface area contributed by atoms with E-state index >= 15 is 0 Å². The van der Waals surface area contributed by atoms with E-state index in [1.807, 2.05) is 73.1 Å². The van der Waals surface area contributed by atoms with E-state index in [-0.39, 0.29) is 5.91 Å². The minimum Gasteiger partial charge on any atom is -0.497 e. The first-order chi connectivity index (χ1) is 18.1. The summed E-state index contributed by atoms with van der Waals surface area (Å²) < 4.78 is 7.14. The van der Waals surface area contributed by atoms with Crippen LogP contribution in [0.3, 0.4) is 0 Å². The van der Waals surface area contributed by atoms with Crippen LogP contribution in [-0.4, -0.2) is 42.7 Å². The Morgan fingerprint density at radius 3 is 2.57 bits per heavy atom. The Morgan fingerprint density at radius 2 is 1.95 bits per heavy atom. The van der Waals surface area contributed by atoms with Gasteiger partial charge in [0.05, 0.1) is 19.0 Å². The number of nitrogens with one attached hydrogen (secondary N) is 2. The minimum atomic E-state index is -0.135. The predicted octanol–water partition coefficient (Wildman–Crippen LogP) is 4.10. The number of rotatable bonds is 7. The molecule has 1 aromatic heterocycles. The van der Waals surface area contributed by atoms with Crippen LogP contribution in [-0.2, 0) is 6.54 Å². The fourth-order valence-electron chi connectivity index (χ4n) is 4.15. The molecular weight excluding hydrogens is 464 g/mol. The summed E-state index contributed by atoms with van der Waals surface area (Å²) in [5.41, 5.74) is 10.1. The summed E-state index contributed by atoms with van der Waals surface area (Å²) in [6, 6.07) is 15.1. The fourth-order valence-corrected chi connectivity index (χ4v) is 4.15. The van der Waals surface area contributed by atoms with Gasteiger partial charge in [-0.1, -0.05) is 44.2 Å². The van der Waals surface area contributed by atoms with Gasteiger partial charge < -0.3 is 21.1 Å². The Labute approximate surface area is 219 Å². The van der Waals surface area contributed by atoms with Gasteiger partial charge in [0.2, 0.25) is 0 Å². The summed E-state index contributed by atoms with van der Waals surface area (Å²) in [7, 11) is 3.34. The first-order valence-electron chi connectivity index (χ1n) is 12.8. The number of hydrogen-bond donors (Lipinski definition) is 3. The van der Waals surface area contributed by atoms with Crippen molar-refractivity contribution in [3.63, 3.8) is 0 Å². The molecule has 4 N–H and O–H groups in total. The maximum absolute atomic E-state index is 12.7. The molecule has 0 bridgehead atoms. The number of carbonyl (C=O) groups is 1. The number of benzene rings is 2. The zero-order valence-corrected chi connectivity index (χ0v) is 22.2. The molecule has 8 heteroatoms. The standard InChI is InChI=1S/C27H32N6O2.C2H6/c1-29-26-25(28)31-18-24(33(26)15-13-19-4-3-14-30-16-19)21-7-9-22(10-8-21)27(34)32-17-20-5-11-23(35-2)12-6-20;1-2/h5-13,15,18-19,30H,3-4,14,16-17H2,1-2H3,(H2,28,31)(H,32,34);1-2H3/b15-13+,29-26?;. The molecule has 2 aromatic carbocycles. The third kappa shape index (κ3) is 7.30. The molecule has 0 spiro atoms. The lowest BCUT2D eigenvalue weighted by Gasteiger charge is -2.20. The highest BCUT2D eigenvalue weighted by atomic mass is 16.5. The van der Waals surface area contributed by atoms with E-state index in [4.69, 9.17) is 10.5 Å². The van der Waals surface area contributed by atoms with Crippen LogP contribution in [0.25, 0.3) is 17.5 Å². The van der Waals surface area contributed by atoms with Crippen molar-refractivity contribution in [1.82, 2.24) is 20.2 Å². The topological polar surface area (TPSA) is 107 Å². The Kier molecular flexibility index (Phi) is 10.5. The lowest BCUT2D eigenvalue weighted by atomic mass is 10.00. The number of nitrogens with zero attached hydrogens (tertiary/aromatic N) is 3. The molecule has 1 aliphatic heterocycles. The number of anilines is 1. The summed E-state index contributed by atoms with van der Waals surface area (Å²) in [5, 5.41) is 6.40. The second kappa shape index (κ2) is 14.0. The van der Waals surface area contributed by atoms with E-state index in [1.54, 1.807) is 20.4 Å². The number of ether oxygens (including phenoxy) is 1. The molecule has 1 unspecified atom stereocenters. The quantitative estimate of drug-likeness (QED) is 0.451. The van der Waals surface area contributed by atoms with Gasteiger partial charge in [-0.25, -0.2) is 4.98 Å². The number of amides is 1. The van der Waals surface area contributed by atoms with Crippen molar-refractivity contribution in [2.24, 2.45) is 10.9 Å². The normalized spacial score (nSPS) is 15.7.